The predicted octanol–water partition coefficient (Wildman–Crippen LogP) is 2.22. The average Bonchev–Trinajstić information content (AvgIpc) is 2.01. The van der Waals surface area contributed by atoms with Crippen molar-refractivity contribution in [3.8, 4) is 0 Å². The van der Waals surface area contributed by atoms with Crippen molar-refractivity contribution in [2.75, 3.05) is 0 Å². The zero-order valence-electron chi connectivity index (χ0n) is 9.22. The van der Waals surface area contributed by atoms with Crippen LogP contribution in [0, 0.1) is 13.8 Å². The number of Topliss-reactive ketones (excluding diaryl/α,β-unsaturated/α-hetero) is 1. The van der Waals surface area contributed by atoms with Crippen LogP contribution in [0.15, 0.2) is 18.2 Å². The molecular weight excluding hydrogens is 174 g/mol. The molecule has 1 aromatic carbocycles. The molecule has 0 atom stereocenters. The molecule has 0 aliphatic heterocycles. The molecule has 2 N–H and O–H groups in total. The van der Waals surface area contributed by atoms with Crippen LogP contribution >= 0.6 is 0 Å². The molecule has 2 heteroatoms. The highest BCUT2D eigenvalue weighted by Crippen LogP contribution is 2.16. The van der Waals surface area contributed by atoms with Gasteiger partial charge in [0, 0.05) is 5.56 Å². The minimum Gasteiger partial charge on any atom is -0.319 e. The standard InChI is InChI=1S/C12H17NO/c1-8-5-6-10(9(2)7-8)11(14)12(3,4)13/h5-7H,13H2,1-4H3. The summed E-state index contributed by atoms with van der Waals surface area (Å²) in [5.74, 6) is -0.00463. The maximum atomic E-state index is 11.9. The second kappa shape index (κ2) is 3.54. The molecule has 0 aliphatic rings. The van der Waals surface area contributed by atoms with E-state index in [0.717, 1.165) is 16.7 Å². The Morgan fingerprint density at radius 1 is 1.29 bits per heavy atom. The van der Waals surface area contributed by atoms with E-state index in [4.69, 9.17) is 5.73 Å². The molecule has 0 unspecified atom stereocenters. The van der Waals surface area contributed by atoms with Crippen molar-refractivity contribution in [3.05, 3.63) is 34.9 Å². The lowest BCUT2D eigenvalue weighted by atomic mass is 9.91. The second-order valence-electron chi connectivity index (χ2n) is 4.37. The van der Waals surface area contributed by atoms with Gasteiger partial charge in [0.2, 0.25) is 0 Å². The van der Waals surface area contributed by atoms with Gasteiger partial charge in [0.05, 0.1) is 5.54 Å². The summed E-state index contributed by atoms with van der Waals surface area (Å²) in [5.41, 5.74) is 7.86. The van der Waals surface area contributed by atoms with Crippen LogP contribution in [0.3, 0.4) is 0 Å². The number of hydrogen-bond donors (Lipinski definition) is 1. The van der Waals surface area contributed by atoms with Gasteiger partial charge >= 0.3 is 0 Å². The Hall–Kier alpha value is -1.15. The van der Waals surface area contributed by atoms with E-state index in [0.29, 0.717) is 0 Å². The highest BCUT2D eigenvalue weighted by molar-refractivity contribution is 6.03. The maximum absolute atomic E-state index is 11.9. The number of ketones is 1. The van der Waals surface area contributed by atoms with Gasteiger partial charge < -0.3 is 5.73 Å². The monoisotopic (exact) mass is 191 g/mol. The fourth-order valence-corrected chi connectivity index (χ4v) is 1.42. The van der Waals surface area contributed by atoms with Gasteiger partial charge in [-0.1, -0.05) is 23.8 Å². The normalized spacial score (nSPS) is 11.5. The first-order valence-corrected chi connectivity index (χ1v) is 4.73. The first-order valence-electron chi connectivity index (χ1n) is 4.73. The van der Waals surface area contributed by atoms with Crippen LogP contribution in [0.2, 0.25) is 0 Å². The van der Waals surface area contributed by atoms with Crippen LogP contribution in [0.5, 0.6) is 0 Å². The number of nitrogens with two attached hydrogens (primary N) is 1. The molecule has 0 aromatic heterocycles. The zero-order chi connectivity index (χ0) is 10.9. The number of rotatable bonds is 2. The Balaban J connectivity index is 3.15. The van der Waals surface area contributed by atoms with Crippen molar-refractivity contribution in [1.29, 1.82) is 0 Å². The minimum atomic E-state index is -0.792. The van der Waals surface area contributed by atoms with Gasteiger partial charge in [-0.05, 0) is 33.3 Å². The first kappa shape index (κ1) is 10.9. The van der Waals surface area contributed by atoms with Gasteiger partial charge in [0.15, 0.2) is 5.78 Å². The molecule has 1 aromatic rings. The molecule has 14 heavy (non-hydrogen) atoms. The molecule has 2 nitrogen and oxygen atoms in total. The van der Waals surface area contributed by atoms with Gasteiger partial charge in [0.1, 0.15) is 0 Å². The highest BCUT2D eigenvalue weighted by Gasteiger charge is 2.24. The molecule has 0 saturated carbocycles. The van der Waals surface area contributed by atoms with E-state index in [-0.39, 0.29) is 5.78 Å². The lowest BCUT2D eigenvalue weighted by Gasteiger charge is -2.18. The van der Waals surface area contributed by atoms with Crippen molar-refractivity contribution in [3.63, 3.8) is 0 Å². The third-order valence-electron chi connectivity index (χ3n) is 2.21. The number of aryl methyl sites for hydroxylation is 2. The van der Waals surface area contributed by atoms with E-state index in [1.165, 1.54) is 0 Å². The molecule has 0 heterocycles. The van der Waals surface area contributed by atoms with Gasteiger partial charge in [-0.25, -0.2) is 0 Å². The largest absolute Gasteiger partial charge is 0.319 e. The molecule has 0 bridgehead atoms. The minimum absolute atomic E-state index is 0.00463. The van der Waals surface area contributed by atoms with Crippen molar-refractivity contribution >= 4 is 5.78 Å². The molecule has 76 valence electrons. The Morgan fingerprint density at radius 2 is 1.86 bits per heavy atom. The zero-order valence-corrected chi connectivity index (χ0v) is 9.22. The molecule has 0 amide bonds. The number of carbonyl (C=O) groups is 1. The van der Waals surface area contributed by atoms with Crippen LogP contribution < -0.4 is 5.73 Å². The van der Waals surface area contributed by atoms with Crippen molar-refractivity contribution in [2.24, 2.45) is 5.73 Å². The number of carbonyl (C=O) groups excluding carboxylic acids is 1. The van der Waals surface area contributed by atoms with Gasteiger partial charge in [0.25, 0.3) is 0 Å². The average molecular weight is 191 g/mol. The van der Waals surface area contributed by atoms with Crippen LogP contribution in [0.4, 0.5) is 0 Å². The topological polar surface area (TPSA) is 43.1 Å². The van der Waals surface area contributed by atoms with Crippen LogP contribution in [-0.4, -0.2) is 11.3 Å². The van der Waals surface area contributed by atoms with E-state index in [9.17, 15) is 4.79 Å². The summed E-state index contributed by atoms with van der Waals surface area (Å²) < 4.78 is 0. The lowest BCUT2D eigenvalue weighted by molar-refractivity contribution is 0.0913. The SMILES string of the molecule is Cc1ccc(C(=O)C(C)(C)N)c(C)c1. The fraction of sp³-hybridized carbons (Fsp3) is 0.417. The summed E-state index contributed by atoms with van der Waals surface area (Å²) in [7, 11) is 0. The Bertz CT molecular complexity index is 361. The number of hydrogen-bond acceptors (Lipinski definition) is 2. The Morgan fingerprint density at radius 3 is 2.29 bits per heavy atom. The van der Waals surface area contributed by atoms with Gasteiger partial charge in [-0.15, -0.1) is 0 Å². The molecule has 0 aliphatic carbocycles. The summed E-state index contributed by atoms with van der Waals surface area (Å²) in [5, 5.41) is 0. The first-order chi connectivity index (χ1) is 6.32. The van der Waals surface area contributed by atoms with Gasteiger partial charge in [-0.3, -0.25) is 4.79 Å². The van der Waals surface area contributed by atoms with Crippen LogP contribution in [0.1, 0.15) is 35.3 Å². The van der Waals surface area contributed by atoms with E-state index in [1.54, 1.807) is 13.8 Å². The van der Waals surface area contributed by atoms with Crippen LogP contribution in [-0.2, 0) is 0 Å². The third kappa shape index (κ3) is 2.20. The summed E-state index contributed by atoms with van der Waals surface area (Å²) in [6.45, 7) is 7.41. The Labute approximate surface area is 85.1 Å². The number of benzene rings is 1. The summed E-state index contributed by atoms with van der Waals surface area (Å²) >= 11 is 0. The highest BCUT2D eigenvalue weighted by atomic mass is 16.1. The summed E-state index contributed by atoms with van der Waals surface area (Å²) in [6, 6.07) is 5.78. The molecular formula is C12H17NO. The summed E-state index contributed by atoms with van der Waals surface area (Å²) in [4.78, 5) is 11.9. The van der Waals surface area contributed by atoms with Gasteiger partial charge in [-0.2, -0.15) is 0 Å². The van der Waals surface area contributed by atoms with Crippen LogP contribution in [0.25, 0.3) is 0 Å². The summed E-state index contributed by atoms with van der Waals surface area (Å²) in [6.07, 6.45) is 0. The predicted molar refractivity (Wildman–Crippen MR) is 58.5 cm³/mol. The lowest BCUT2D eigenvalue weighted by Crippen LogP contribution is -2.41. The van der Waals surface area contributed by atoms with Crippen molar-refractivity contribution < 1.29 is 4.79 Å². The van der Waals surface area contributed by atoms with Crippen molar-refractivity contribution in [1.82, 2.24) is 0 Å². The second-order valence-corrected chi connectivity index (χ2v) is 4.37. The van der Waals surface area contributed by atoms with Crippen molar-refractivity contribution in [2.45, 2.75) is 33.2 Å². The van der Waals surface area contributed by atoms with E-state index < -0.39 is 5.54 Å². The van der Waals surface area contributed by atoms with E-state index in [2.05, 4.69) is 0 Å². The molecule has 0 fully saturated rings. The quantitative estimate of drug-likeness (QED) is 0.728. The molecule has 1 rings (SSSR count). The van der Waals surface area contributed by atoms with E-state index in [1.807, 2.05) is 32.0 Å². The maximum Gasteiger partial charge on any atom is 0.182 e. The molecule has 0 saturated heterocycles. The smallest absolute Gasteiger partial charge is 0.182 e. The fourth-order valence-electron chi connectivity index (χ4n) is 1.42. The molecule has 0 radical (unpaired) electrons. The molecule has 0 spiro atoms. The van der Waals surface area contributed by atoms with E-state index >= 15 is 0 Å². The third-order valence-corrected chi connectivity index (χ3v) is 2.21. The Kier molecular flexibility index (Phi) is 2.76.